The monoisotopic (exact) mass is 1750 g/mol. The summed E-state index contributed by atoms with van der Waals surface area (Å²) in [5.41, 5.74) is 17.4. The number of H-pyrrole nitrogens is 2. The Morgan fingerprint density at radius 3 is 1.46 bits per heavy atom. The fraction of sp³-hybridized carbons (Fsp3) is 0.325. The summed E-state index contributed by atoms with van der Waals surface area (Å²) in [6, 6.07) is 27.4. The molecule has 10 aromatic heterocycles. The van der Waals surface area contributed by atoms with Gasteiger partial charge in [0.05, 0.1) is 88.5 Å². The molecule has 0 saturated heterocycles. The molecule has 2 amide bonds. The maximum atomic E-state index is 13.2. The third kappa shape index (κ3) is 21.1. The number of carboxylic acid groups (broad SMARTS) is 1. The number of thiophene rings is 5. The number of aliphatic hydroxyl groups excluding tert-OH is 1. The lowest BCUT2D eigenvalue weighted by Gasteiger charge is -2.19. The highest BCUT2D eigenvalue weighted by Crippen LogP contribution is 2.42. The predicted octanol–water partition coefficient (Wildman–Crippen LogP) is 16.9. The van der Waals surface area contributed by atoms with Crippen molar-refractivity contribution in [1.29, 1.82) is 0 Å². The topological polar surface area (TPSA) is 337 Å². The maximum absolute atomic E-state index is 13.2. The molecule has 12 aromatic rings. The van der Waals surface area contributed by atoms with E-state index in [0.717, 1.165) is 159 Å². The Kier molecular flexibility index (Phi) is 30.7. The number of carbonyl (C=O) groups excluding carboxylic acids is 6. The Morgan fingerprint density at radius 2 is 1.00 bits per heavy atom. The number of aromatic nitrogens is 10. The average Bonchev–Trinajstić information content (AvgIpc) is 1.64. The summed E-state index contributed by atoms with van der Waals surface area (Å²) in [4.78, 5) is 92.5. The zero-order valence-electron chi connectivity index (χ0n) is 62.6. The van der Waals surface area contributed by atoms with Crippen LogP contribution in [0.3, 0.4) is 0 Å². The van der Waals surface area contributed by atoms with Gasteiger partial charge in [-0.25, -0.2) is 28.4 Å². The summed E-state index contributed by atoms with van der Waals surface area (Å²) in [6.45, 7) is 11.7. The van der Waals surface area contributed by atoms with E-state index in [9.17, 15) is 38.0 Å². The summed E-state index contributed by atoms with van der Waals surface area (Å²) in [5, 5.41) is 46.7. The summed E-state index contributed by atoms with van der Waals surface area (Å²) < 4.78 is 39.1. The smallest absolute Gasteiger partial charge is 0.348 e. The van der Waals surface area contributed by atoms with Crippen LogP contribution in [0.2, 0.25) is 10.0 Å². The summed E-state index contributed by atoms with van der Waals surface area (Å²) in [7, 11) is 0. The first-order valence-corrected chi connectivity index (χ1v) is 42.8. The molecule has 4 aliphatic heterocycles. The largest absolute Gasteiger partial charge is 0.477 e. The van der Waals surface area contributed by atoms with Gasteiger partial charge in [-0.3, -0.25) is 38.7 Å². The second kappa shape index (κ2) is 41.1. The van der Waals surface area contributed by atoms with Gasteiger partial charge in [0.2, 0.25) is 0 Å². The van der Waals surface area contributed by atoms with E-state index in [1.54, 1.807) is 85.5 Å². The number of hydrogen-bond donors (Lipinski definition) is 5. The van der Waals surface area contributed by atoms with E-state index in [1.165, 1.54) is 72.1 Å². The number of amides is 2. The van der Waals surface area contributed by atoms with Gasteiger partial charge in [-0.1, -0.05) is 63.4 Å². The van der Waals surface area contributed by atoms with Crippen LogP contribution in [-0.2, 0) is 77.1 Å². The van der Waals surface area contributed by atoms with Crippen LogP contribution < -0.4 is 5.73 Å². The number of aliphatic hydroxyl groups is 1. The zero-order chi connectivity index (χ0) is 81.0. The first kappa shape index (κ1) is 85.3. The van der Waals surface area contributed by atoms with E-state index in [1.807, 2.05) is 83.5 Å². The van der Waals surface area contributed by atoms with Crippen LogP contribution in [-0.4, -0.2) is 157 Å². The highest BCUT2D eigenvalue weighted by atomic mass is 79.9. The molecular formula is C80H82BrCl2FN12O13S5. The van der Waals surface area contributed by atoms with E-state index in [2.05, 4.69) is 51.6 Å². The second-order valence-corrected chi connectivity index (χ2v) is 33.0. The van der Waals surface area contributed by atoms with Crippen molar-refractivity contribution < 1.29 is 67.1 Å². The Morgan fingerprint density at radius 1 is 0.553 bits per heavy atom. The number of fused-ring (bicyclic) bond motifs is 10. The molecule has 25 nitrogen and oxygen atoms in total. The van der Waals surface area contributed by atoms with E-state index < -0.39 is 12.0 Å². The van der Waals surface area contributed by atoms with Crippen molar-refractivity contribution >= 4 is 137 Å². The number of rotatable bonds is 21. The quantitative estimate of drug-likeness (QED) is 0.0193. The van der Waals surface area contributed by atoms with Crippen LogP contribution in [0.15, 0.2) is 128 Å². The molecule has 2 aromatic carbocycles. The van der Waals surface area contributed by atoms with Gasteiger partial charge in [0, 0.05) is 115 Å². The van der Waals surface area contributed by atoms with Crippen molar-refractivity contribution in [2.24, 2.45) is 5.73 Å². The summed E-state index contributed by atoms with van der Waals surface area (Å²) in [6.07, 6.45) is 18.1. The molecule has 0 bridgehead atoms. The molecule has 14 heterocycles. The van der Waals surface area contributed by atoms with Crippen LogP contribution in [0.1, 0.15) is 159 Å². The Hall–Kier alpha value is -9.61. The van der Waals surface area contributed by atoms with Crippen molar-refractivity contribution in [3.05, 3.63) is 209 Å². The Balaban J connectivity index is 0.000000135. The van der Waals surface area contributed by atoms with Gasteiger partial charge in [-0.05, 0) is 177 Å². The van der Waals surface area contributed by atoms with Crippen molar-refractivity contribution in [3.8, 4) is 56.3 Å². The van der Waals surface area contributed by atoms with Gasteiger partial charge in [0.25, 0.3) is 11.8 Å². The molecule has 0 unspecified atom stereocenters. The number of nitrogens with zero attached hydrogens (tertiary/aromatic N) is 9. The minimum Gasteiger partial charge on any atom is -0.477 e. The molecule has 1 atom stereocenters. The van der Waals surface area contributed by atoms with Gasteiger partial charge >= 0.3 is 29.8 Å². The number of carboxylic acids is 1. The standard InChI is InChI=1S/C17H15FN2O2.C13H15BrN2O2S.C13H13ClN2O2S.C13H16N2O3S.C13H14N2O2S.C11H9ClN2O2S/c18-12-5-3-4-11(8-12)9-13(19)10-20-16(21)14-6-1-2-7-15(14)17(20)22;1-2-18-13(17)12-8-9(10-5-7-15-16-10)11(19-12)4-3-6-14;1-2-18-13(17)11-6-8-10(19-11)4-3-5-16-12(8)9(14)7-15-16;1-2-18-13(17)12-8-9(10-5-6-14-15-10)11(19-12)4-3-7-16;1-2-17-13(16)12-8-9-10-5-6-14-15(10)7-3-4-11(9)18-12;12-7-5-13-14-3-1-2-8-6(10(7)14)4-9(17-8)11(15)16/h1-8,13H,9-10,19H2;5,7-8H,2-4,6H2,1H3,(H,15,16);6-7H,2-5H2,1H3;5-6,8,16H,2-4,7H2,1H3,(H,14,15);5-6,8H,2-4,7H2,1H3;4-5H,1-3H2,(H,15,16)/t13-;;;;;/m0...../s1. The van der Waals surface area contributed by atoms with Gasteiger partial charge < -0.3 is 34.9 Å². The number of halogens is 4. The molecule has 598 valence electrons. The first-order chi connectivity index (χ1) is 55.2. The number of alkyl halides is 1. The molecule has 0 spiro atoms. The van der Waals surface area contributed by atoms with Gasteiger partial charge in [0.1, 0.15) is 30.2 Å². The number of nitrogens with two attached hydrogens (primary N) is 1. The Labute approximate surface area is 694 Å². The van der Waals surface area contributed by atoms with Crippen LogP contribution >= 0.6 is 95.8 Å². The van der Waals surface area contributed by atoms with Crippen LogP contribution in [0.4, 0.5) is 4.39 Å². The molecule has 4 aliphatic rings. The molecule has 0 aliphatic carbocycles. The van der Waals surface area contributed by atoms with Crippen molar-refractivity contribution in [1.82, 2.24) is 54.6 Å². The Bertz CT molecular complexity index is 5180. The van der Waals surface area contributed by atoms with Gasteiger partial charge in [0.15, 0.2) is 0 Å². The lowest BCUT2D eigenvalue weighted by Crippen LogP contribution is -2.41. The highest BCUT2D eigenvalue weighted by molar-refractivity contribution is 9.09. The van der Waals surface area contributed by atoms with E-state index in [-0.39, 0.29) is 54.7 Å². The highest BCUT2D eigenvalue weighted by Gasteiger charge is 2.36. The molecule has 34 heteroatoms. The number of aromatic carboxylic acids is 1. The molecule has 114 heavy (non-hydrogen) atoms. The molecule has 16 rings (SSSR count). The minimum absolute atomic E-state index is 0.114. The van der Waals surface area contributed by atoms with Crippen LogP contribution in [0.5, 0.6) is 0 Å². The number of benzene rings is 2. The maximum Gasteiger partial charge on any atom is 0.348 e. The lowest BCUT2D eigenvalue weighted by atomic mass is 10.1. The third-order valence-corrected chi connectivity index (χ3v) is 24.9. The van der Waals surface area contributed by atoms with Gasteiger partial charge in [-0.15, -0.1) is 56.7 Å². The second-order valence-electron chi connectivity index (χ2n) is 25.7. The normalized spacial score (nSPS) is 12.9. The lowest BCUT2D eigenvalue weighted by molar-refractivity contribution is 0.0522. The van der Waals surface area contributed by atoms with E-state index in [0.29, 0.717) is 84.8 Å². The van der Waals surface area contributed by atoms with Crippen molar-refractivity contribution in [3.63, 3.8) is 0 Å². The summed E-state index contributed by atoms with van der Waals surface area (Å²) in [5.74, 6) is -2.90. The van der Waals surface area contributed by atoms with Crippen LogP contribution in [0, 0.1) is 5.82 Å². The molecule has 6 N–H and O–H groups in total. The molecular weight excluding hydrogens is 1670 g/mol. The predicted molar refractivity (Wildman–Crippen MR) is 444 cm³/mol. The fourth-order valence-corrected chi connectivity index (χ4v) is 19.1. The molecule has 0 radical (unpaired) electrons. The number of esters is 4. The number of aryl methyl sites for hydroxylation is 8. The number of imide groups is 1. The van der Waals surface area contributed by atoms with Gasteiger partial charge in [-0.2, -0.15) is 25.5 Å². The number of ether oxygens (including phenoxy) is 4. The van der Waals surface area contributed by atoms with Crippen molar-refractivity contribution in [2.45, 2.75) is 124 Å². The van der Waals surface area contributed by atoms with Crippen molar-refractivity contribution in [2.75, 3.05) is 44.9 Å². The number of aromatic amines is 2. The third-order valence-electron chi connectivity index (χ3n) is 17.9. The molecule has 0 saturated carbocycles. The fourth-order valence-electron chi connectivity index (χ4n) is 12.9. The number of hydrogen-bond acceptors (Lipinski definition) is 23. The average molecular weight is 1750 g/mol. The number of nitrogens with one attached hydrogen (secondary N) is 2. The number of carbonyl (C=O) groups is 7. The minimum atomic E-state index is -0.884. The van der Waals surface area contributed by atoms with Crippen LogP contribution in [0.25, 0.3) is 56.3 Å². The van der Waals surface area contributed by atoms with E-state index in [4.69, 9.17) is 58.1 Å². The molecule has 0 fully saturated rings. The van der Waals surface area contributed by atoms with E-state index >= 15 is 0 Å². The first-order valence-electron chi connectivity index (χ1n) is 36.9. The SMILES string of the molecule is CCOC(=O)c1cc(-c2ccn[nH]2)c(CCCBr)s1.CCOC(=O)c1cc(-c2ccn[nH]2)c(CCCO)s1.CCOC(=O)c1cc2c(s1)CCCn1ncc(Cl)c1-2.CCOC(=O)c1cc2c(s1)CCCn1nccc1-2.N[C@@H](Cc1cccc(F)c1)CN1C(=O)c2ccccc2C1=O.O=C(O)c1cc2c(s1)CCCn1ncc(Cl)c1-2. The zero-order valence-corrected chi connectivity index (χ0v) is 69.8. The summed E-state index contributed by atoms with van der Waals surface area (Å²) >= 11 is 23.1.